The quantitative estimate of drug-likeness (QED) is 0.651. The Labute approximate surface area is 180 Å². The van der Waals surface area contributed by atoms with Crippen LogP contribution in [-0.4, -0.2) is 54.6 Å². The van der Waals surface area contributed by atoms with Crippen LogP contribution in [0.5, 0.6) is 11.5 Å². The number of benzene rings is 1. The molecule has 1 atom stereocenters. The molecule has 1 fully saturated rings. The Morgan fingerprint density at radius 1 is 1.27 bits per heavy atom. The zero-order chi connectivity index (χ0) is 21.1. The van der Waals surface area contributed by atoms with Gasteiger partial charge in [-0.15, -0.1) is 0 Å². The highest BCUT2D eigenvalue weighted by molar-refractivity contribution is 7.71. The highest BCUT2D eigenvalue weighted by Gasteiger charge is 2.25. The standard InChI is InChI=1S/C21H28N4O4S/c1-27-17-6-5-14(10-18(17)28-2)7-8-25-19-16(20(26)23-21(25)30)12-24(13-22-19)11-15-4-3-9-29-15/h5-6,10,15,22H,3-4,7-9,11-13H2,1-2H3,(H,23,26,30)/t15-/m0/s1. The molecule has 3 heterocycles. The predicted octanol–water partition coefficient (Wildman–Crippen LogP) is 2.53. The molecule has 1 aromatic heterocycles. The summed E-state index contributed by atoms with van der Waals surface area (Å²) < 4.78 is 18.9. The van der Waals surface area contributed by atoms with Crippen LogP contribution in [0.2, 0.25) is 0 Å². The van der Waals surface area contributed by atoms with Crippen molar-refractivity contribution in [3.8, 4) is 11.5 Å². The van der Waals surface area contributed by atoms with E-state index in [0.29, 0.717) is 36.0 Å². The van der Waals surface area contributed by atoms with E-state index in [1.807, 2.05) is 22.8 Å². The molecule has 4 rings (SSSR count). The second kappa shape index (κ2) is 9.20. The molecule has 0 spiro atoms. The number of aromatic nitrogens is 2. The van der Waals surface area contributed by atoms with Crippen molar-refractivity contribution in [2.24, 2.45) is 0 Å². The van der Waals surface area contributed by atoms with Crippen LogP contribution in [0, 0.1) is 4.77 Å². The maximum absolute atomic E-state index is 12.6. The smallest absolute Gasteiger partial charge is 0.258 e. The molecule has 30 heavy (non-hydrogen) atoms. The molecule has 0 amide bonds. The number of fused-ring (bicyclic) bond motifs is 1. The molecule has 2 aromatic rings. The normalized spacial score (nSPS) is 18.7. The molecule has 0 radical (unpaired) electrons. The highest BCUT2D eigenvalue weighted by atomic mass is 32.1. The molecule has 0 bridgehead atoms. The van der Waals surface area contributed by atoms with Gasteiger partial charge in [-0.05, 0) is 49.2 Å². The lowest BCUT2D eigenvalue weighted by molar-refractivity contribution is 0.0716. The molecule has 162 valence electrons. The van der Waals surface area contributed by atoms with Crippen molar-refractivity contribution in [2.75, 3.05) is 39.4 Å². The Hall–Kier alpha value is -2.36. The Balaban J connectivity index is 1.52. The van der Waals surface area contributed by atoms with Crippen LogP contribution >= 0.6 is 12.2 Å². The van der Waals surface area contributed by atoms with Crippen molar-refractivity contribution in [1.82, 2.24) is 14.5 Å². The third-order valence-electron chi connectivity index (χ3n) is 5.71. The molecule has 2 N–H and O–H groups in total. The first-order valence-corrected chi connectivity index (χ1v) is 10.6. The van der Waals surface area contributed by atoms with Gasteiger partial charge in [-0.3, -0.25) is 14.7 Å². The van der Waals surface area contributed by atoms with Crippen molar-refractivity contribution in [3.63, 3.8) is 0 Å². The van der Waals surface area contributed by atoms with Gasteiger partial charge in [-0.2, -0.15) is 0 Å². The van der Waals surface area contributed by atoms with Crippen LogP contribution in [0.15, 0.2) is 23.0 Å². The summed E-state index contributed by atoms with van der Waals surface area (Å²) in [7, 11) is 3.25. The Kier molecular flexibility index (Phi) is 6.40. The predicted molar refractivity (Wildman–Crippen MR) is 117 cm³/mol. The van der Waals surface area contributed by atoms with Gasteiger partial charge < -0.3 is 24.1 Å². The zero-order valence-electron chi connectivity index (χ0n) is 17.4. The molecule has 2 aliphatic rings. The Morgan fingerprint density at radius 3 is 2.83 bits per heavy atom. The SMILES string of the molecule is COc1ccc(CCn2c3c(c(=O)[nH]c2=S)CN(C[C@@H]2CCCO2)CN3)cc1OC. The minimum absolute atomic E-state index is 0.123. The fourth-order valence-electron chi connectivity index (χ4n) is 4.12. The lowest BCUT2D eigenvalue weighted by atomic mass is 10.1. The summed E-state index contributed by atoms with van der Waals surface area (Å²) in [5, 5.41) is 3.42. The van der Waals surface area contributed by atoms with E-state index in [2.05, 4.69) is 15.2 Å². The number of hydrogen-bond donors (Lipinski definition) is 2. The second-order valence-electron chi connectivity index (χ2n) is 7.66. The summed E-state index contributed by atoms with van der Waals surface area (Å²) in [6.07, 6.45) is 3.19. The number of anilines is 1. The van der Waals surface area contributed by atoms with Gasteiger partial charge in [0.15, 0.2) is 16.3 Å². The molecule has 8 nitrogen and oxygen atoms in total. The number of rotatable bonds is 7. The summed E-state index contributed by atoms with van der Waals surface area (Å²) in [6, 6.07) is 5.88. The molecular formula is C21H28N4O4S. The molecular weight excluding hydrogens is 404 g/mol. The van der Waals surface area contributed by atoms with E-state index in [-0.39, 0.29) is 11.7 Å². The van der Waals surface area contributed by atoms with Gasteiger partial charge >= 0.3 is 0 Å². The summed E-state index contributed by atoms with van der Waals surface area (Å²) in [5.74, 6) is 2.21. The number of nitrogens with zero attached hydrogens (tertiary/aromatic N) is 2. The molecule has 0 aliphatic carbocycles. The lowest BCUT2D eigenvalue weighted by Gasteiger charge is -2.32. The van der Waals surface area contributed by atoms with Crippen LogP contribution in [0.1, 0.15) is 24.0 Å². The summed E-state index contributed by atoms with van der Waals surface area (Å²) >= 11 is 5.46. The molecule has 0 saturated carbocycles. The highest BCUT2D eigenvalue weighted by Crippen LogP contribution is 2.28. The number of aromatic amines is 1. The topological polar surface area (TPSA) is 80.8 Å². The van der Waals surface area contributed by atoms with Crippen molar-refractivity contribution in [3.05, 3.63) is 44.5 Å². The van der Waals surface area contributed by atoms with Crippen LogP contribution in [-0.2, 0) is 24.2 Å². The lowest BCUT2D eigenvalue weighted by Crippen LogP contribution is -2.42. The van der Waals surface area contributed by atoms with Gasteiger partial charge in [-0.25, -0.2) is 0 Å². The Bertz CT molecular complexity index is 1010. The van der Waals surface area contributed by atoms with Crippen molar-refractivity contribution >= 4 is 18.0 Å². The van der Waals surface area contributed by atoms with Crippen molar-refractivity contribution in [1.29, 1.82) is 0 Å². The van der Waals surface area contributed by atoms with Gasteiger partial charge in [-0.1, -0.05) is 6.07 Å². The first-order valence-electron chi connectivity index (χ1n) is 10.2. The van der Waals surface area contributed by atoms with Crippen LogP contribution in [0.3, 0.4) is 0 Å². The summed E-state index contributed by atoms with van der Waals surface area (Å²) in [6.45, 7) is 3.56. The maximum Gasteiger partial charge on any atom is 0.258 e. The zero-order valence-corrected chi connectivity index (χ0v) is 18.2. The number of hydrogen-bond acceptors (Lipinski definition) is 7. The van der Waals surface area contributed by atoms with E-state index in [9.17, 15) is 4.79 Å². The Morgan fingerprint density at radius 2 is 2.10 bits per heavy atom. The molecule has 1 aromatic carbocycles. The monoisotopic (exact) mass is 432 g/mol. The summed E-state index contributed by atoms with van der Waals surface area (Å²) in [5.41, 5.74) is 1.70. The molecule has 0 unspecified atom stereocenters. The van der Waals surface area contributed by atoms with E-state index in [0.717, 1.165) is 49.4 Å². The van der Waals surface area contributed by atoms with Crippen molar-refractivity contribution < 1.29 is 14.2 Å². The summed E-state index contributed by atoms with van der Waals surface area (Å²) in [4.78, 5) is 17.6. The van der Waals surface area contributed by atoms with Crippen molar-refractivity contribution in [2.45, 2.75) is 38.5 Å². The van der Waals surface area contributed by atoms with Crippen LogP contribution in [0.25, 0.3) is 0 Å². The van der Waals surface area contributed by atoms with E-state index in [1.54, 1.807) is 14.2 Å². The van der Waals surface area contributed by atoms with E-state index < -0.39 is 0 Å². The maximum atomic E-state index is 12.6. The molecule has 2 aliphatic heterocycles. The van der Waals surface area contributed by atoms with Gasteiger partial charge in [0.1, 0.15) is 5.82 Å². The average Bonchev–Trinajstić information content (AvgIpc) is 3.26. The average molecular weight is 433 g/mol. The largest absolute Gasteiger partial charge is 0.493 e. The number of H-pyrrole nitrogens is 1. The minimum atomic E-state index is -0.123. The minimum Gasteiger partial charge on any atom is -0.493 e. The van der Waals surface area contributed by atoms with Gasteiger partial charge in [0.05, 0.1) is 32.6 Å². The number of aryl methyl sites for hydroxylation is 1. The van der Waals surface area contributed by atoms with Crippen LogP contribution in [0.4, 0.5) is 5.82 Å². The third-order valence-corrected chi connectivity index (χ3v) is 6.03. The molecule has 9 heteroatoms. The van der Waals surface area contributed by atoms with Gasteiger partial charge in [0.25, 0.3) is 5.56 Å². The first kappa shape index (κ1) is 20.9. The van der Waals surface area contributed by atoms with Crippen LogP contribution < -0.4 is 20.3 Å². The fourth-order valence-corrected chi connectivity index (χ4v) is 4.40. The number of methoxy groups -OCH3 is 2. The van der Waals surface area contributed by atoms with Gasteiger partial charge in [0.2, 0.25) is 0 Å². The fraction of sp³-hybridized carbons (Fsp3) is 0.524. The van der Waals surface area contributed by atoms with Gasteiger partial charge in [0, 0.05) is 26.2 Å². The van der Waals surface area contributed by atoms with E-state index in [4.69, 9.17) is 26.4 Å². The third kappa shape index (κ3) is 4.38. The number of ether oxygens (including phenoxy) is 3. The molecule has 1 saturated heterocycles. The second-order valence-corrected chi connectivity index (χ2v) is 8.05. The van der Waals surface area contributed by atoms with E-state index in [1.165, 1.54) is 0 Å². The first-order chi connectivity index (χ1) is 14.6. The van der Waals surface area contributed by atoms with E-state index >= 15 is 0 Å². The number of nitrogens with one attached hydrogen (secondary N) is 2.